The molecule has 0 amide bonds. The van der Waals surface area contributed by atoms with Gasteiger partial charge in [-0.1, -0.05) is 0 Å². The van der Waals surface area contributed by atoms with Gasteiger partial charge in [0.15, 0.2) is 0 Å². The van der Waals surface area contributed by atoms with E-state index in [0.29, 0.717) is 92.5 Å². The number of rotatable bonds is 20. The second-order valence-corrected chi connectivity index (χ2v) is 4.29. The van der Waals surface area contributed by atoms with Gasteiger partial charge in [-0.2, -0.15) is 0 Å². The fraction of sp³-hybridized carbons (Fsp3) is 0.875. The normalized spacial score (nSPS) is 11.2. The Labute approximate surface area is 140 Å². The molecule has 7 nitrogen and oxygen atoms in total. The van der Waals surface area contributed by atoms with Crippen molar-refractivity contribution in [2.45, 2.75) is 0 Å². The maximum Gasteiger partial charge on any atom is 0.0701 e. The predicted octanol–water partition coefficient (Wildman–Crippen LogP) is 0.771. The lowest BCUT2D eigenvalue weighted by Crippen LogP contribution is -2.14. The van der Waals surface area contributed by atoms with Gasteiger partial charge in [0.25, 0.3) is 0 Å². The van der Waals surface area contributed by atoms with E-state index in [1.165, 1.54) is 0 Å². The highest BCUT2D eigenvalue weighted by Crippen LogP contribution is 1.84. The Bertz CT molecular complexity index is 185. The minimum atomic E-state index is 0.472. The molecule has 0 aliphatic carbocycles. The molecule has 0 unspecified atom stereocenters. The van der Waals surface area contributed by atoms with Gasteiger partial charge in [-0.05, 0) is 13.8 Å². The van der Waals surface area contributed by atoms with Crippen molar-refractivity contribution in [3.05, 3.63) is 13.8 Å². The molecule has 7 heteroatoms. The second kappa shape index (κ2) is 21.7. The molecule has 0 saturated heterocycles. The number of hydrogen-bond acceptors (Lipinski definition) is 7. The van der Waals surface area contributed by atoms with Crippen molar-refractivity contribution in [2.24, 2.45) is 0 Å². The van der Waals surface area contributed by atoms with Crippen molar-refractivity contribution in [1.29, 1.82) is 0 Å². The van der Waals surface area contributed by atoms with Crippen LogP contribution in [0.2, 0.25) is 0 Å². The Morgan fingerprint density at radius 2 is 0.478 bits per heavy atom. The summed E-state index contributed by atoms with van der Waals surface area (Å²) in [5.41, 5.74) is 0. The number of hydrogen-bond donors (Lipinski definition) is 0. The fourth-order valence-corrected chi connectivity index (χ4v) is 1.42. The largest absolute Gasteiger partial charge is 0.379 e. The molecule has 0 aromatic carbocycles. The maximum absolute atomic E-state index is 5.37. The molecule has 0 N–H and O–H groups in total. The molecule has 138 valence electrons. The zero-order valence-electron chi connectivity index (χ0n) is 14.2. The summed E-state index contributed by atoms with van der Waals surface area (Å²) in [7, 11) is 0. The Kier molecular flexibility index (Phi) is 21.5. The lowest BCUT2D eigenvalue weighted by Gasteiger charge is -2.08. The third-order valence-corrected chi connectivity index (χ3v) is 2.52. The van der Waals surface area contributed by atoms with Crippen molar-refractivity contribution in [1.82, 2.24) is 0 Å². The summed E-state index contributed by atoms with van der Waals surface area (Å²) in [5, 5.41) is 0. The van der Waals surface area contributed by atoms with Gasteiger partial charge in [0.1, 0.15) is 0 Å². The predicted molar refractivity (Wildman–Crippen MR) is 86.4 cm³/mol. The second-order valence-electron chi connectivity index (χ2n) is 4.29. The highest BCUT2D eigenvalue weighted by Gasteiger charge is 1.93. The summed E-state index contributed by atoms with van der Waals surface area (Å²) in [4.78, 5) is 0. The molecule has 0 aliphatic rings. The number of ether oxygens (including phenoxy) is 7. The molecule has 0 saturated carbocycles. The molecule has 0 aromatic heterocycles. The molecular formula is C16H32O7. The Morgan fingerprint density at radius 1 is 0.304 bits per heavy atom. The standard InChI is InChI=1S/C16H32O7/c1-3-17-5-7-19-9-11-21-13-15-23-16-14-22-12-10-20-8-6-18-4-2/h1-16H2. The molecule has 0 rings (SSSR count). The van der Waals surface area contributed by atoms with Crippen LogP contribution in [0.1, 0.15) is 0 Å². The lowest BCUT2D eigenvalue weighted by atomic mass is 10.6. The van der Waals surface area contributed by atoms with E-state index in [2.05, 4.69) is 13.8 Å². The first-order chi connectivity index (χ1) is 11.4. The minimum Gasteiger partial charge on any atom is -0.379 e. The highest BCUT2D eigenvalue weighted by molar-refractivity contribution is 4.37. The molecule has 0 spiro atoms. The summed E-state index contributed by atoms with van der Waals surface area (Å²) in [6.07, 6.45) is 0. The SMILES string of the molecule is [CH2]COCCOCCOCCOCCOCCOCCOC[CH2]. The van der Waals surface area contributed by atoms with Crippen molar-refractivity contribution in [3.8, 4) is 0 Å². The molecule has 0 bridgehead atoms. The first-order valence-electron chi connectivity index (χ1n) is 8.04. The lowest BCUT2D eigenvalue weighted by molar-refractivity contribution is -0.0190. The van der Waals surface area contributed by atoms with Crippen molar-refractivity contribution in [3.63, 3.8) is 0 Å². The van der Waals surface area contributed by atoms with Crippen LogP contribution in [0.4, 0.5) is 0 Å². The van der Waals surface area contributed by atoms with Crippen LogP contribution in [-0.4, -0.2) is 92.5 Å². The molecular weight excluding hydrogens is 304 g/mol. The Balaban J connectivity index is 2.92. The van der Waals surface area contributed by atoms with Gasteiger partial charge in [0, 0.05) is 13.2 Å². The first kappa shape index (κ1) is 22.7. The molecule has 0 heterocycles. The monoisotopic (exact) mass is 336 g/mol. The summed E-state index contributed by atoms with van der Waals surface area (Å²) in [6, 6.07) is 0. The Hall–Kier alpha value is -0.280. The Morgan fingerprint density at radius 3 is 0.652 bits per heavy atom. The summed E-state index contributed by atoms with van der Waals surface area (Å²) >= 11 is 0. The third-order valence-electron chi connectivity index (χ3n) is 2.52. The molecule has 0 atom stereocenters. The summed E-state index contributed by atoms with van der Waals surface area (Å²) in [5.74, 6) is 0. The quantitative estimate of drug-likeness (QED) is 0.304. The van der Waals surface area contributed by atoms with Gasteiger partial charge in [0.05, 0.1) is 79.3 Å². The maximum atomic E-state index is 5.37. The van der Waals surface area contributed by atoms with Gasteiger partial charge < -0.3 is 33.2 Å². The first-order valence-corrected chi connectivity index (χ1v) is 8.04. The van der Waals surface area contributed by atoms with E-state index in [1.807, 2.05) is 0 Å². The third kappa shape index (κ3) is 21.7. The fourth-order valence-electron chi connectivity index (χ4n) is 1.42. The average Bonchev–Trinajstić information content (AvgIpc) is 2.57. The van der Waals surface area contributed by atoms with Crippen molar-refractivity contribution in [2.75, 3.05) is 92.5 Å². The van der Waals surface area contributed by atoms with E-state index in [9.17, 15) is 0 Å². The van der Waals surface area contributed by atoms with Crippen LogP contribution in [0.25, 0.3) is 0 Å². The zero-order chi connectivity index (χ0) is 16.8. The van der Waals surface area contributed by atoms with Crippen molar-refractivity contribution < 1.29 is 33.2 Å². The highest BCUT2D eigenvalue weighted by atomic mass is 16.6. The van der Waals surface area contributed by atoms with Gasteiger partial charge in [-0.15, -0.1) is 0 Å². The van der Waals surface area contributed by atoms with Crippen LogP contribution >= 0.6 is 0 Å². The van der Waals surface area contributed by atoms with Crippen LogP contribution in [0.5, 0.6) is 0 Å². The molecule has 2 radical (unpaired) electrons. The van der Waals surface area contributed by atoms with E-state index in [1.54, 1.807) is 0 Å². The van der Waals surface area contributed by atoms with E-state index < -0.39 is 0 Å². The van der Waals surface area contributed by atoms with E-state index >= 15 is 0 Å². The van der Waals surface area contributed by atoms with Gasteiger partial charge in [0.2, 0.25) is 0 Å². The smallest absolute Gasteiger partial charge is 0.0701 e. The van der Waals surface area contributed by atoms with E-state index in [0.717, 1.165) is 0 Å². The molecule has 0 fully saturated rings. The summed E-state index contributed by atoms with van der Waals surface area (Å²) < 4.78 is 36.7. The average molecular weight is 336 g/mol. The van der Waals surface area contributed by atoms with E-state index in [4.69, 9.17) is 33.2 Å². The summed E-state index contributed by atoms with van der Waals surface area (Å²) in [6.45, 7) is 14.8. The molecule has 0 aromatic rings. The van der Waals surface area contributed by atoms with Crippen LogP contribution in [0.15, 0.2) is 0 Å². The topological polar surface area (TPSA) is 64.6 Å². The van der Waals surface area contributed by atoms with Gasteiger partial charge in [-0.25, -0.2) is 0 Å². The van der Waals surface area contributed by atoms with Crippen LogP contribution in [0.3, 0.4) is 0 Å². The van der Waals surface area contributed by atoms with Gasteiger partial charge in [-0.3, -0.25) is 0 Å². The van der Waals surface area contributed by atoms with Crippen molar-refractivity contribution >= 4 is 0 Å². The zero-order valence-corrected chi connectivity index (χ0v) is 14.2. The van der Waals surface area contributed by atoms with E-state index in [-0.39, 0.29) is 0 Å². The molecule has 0 aliphatic heterocycles. The molecule has 23 heavy (non-hydrogen) atoms. The van der Waals surface area contributed by atoms with Crippen LogP contribution in [0, 0.1) is 13.8 Å². The van der Waals surface area contributed by atoms with Crippen LogP contribution < -0.4 is 0 Å². The van der Waals surface area contributed by atoms with Crippen LogP contribution in [-0.2, 0) is 33.2 Å². The minimum absolute atomic E-state index is 0.472. The van der Waals surface area contributed by atoms with Gasteiger partial charge >= 0.3 is 0 Å².